The average Bonchev–Trinajstić information content (AvgIpc) is 3.02. The van der Waals surface area contributed by atoms with Gasteiger partial charge in [0.25, 0.3) is 5.69 Å². The first-order valence-electron chi connectivity index (χ1n) is 8.38. The van der Waals surface area contributed by atoms with Gasteiger partial charge in [0, 0.05) is 43.2 Å². The van der Waals surface area contributed by atoms with Crippen molar-refractivity contribution in [1.82, 2.24) is 5.32 Å². The molecule has 7 heteroatoms. The third kappa shape index (κ3) is 4.24. The fraction of sp³-hybridized carbons (Fsp3) is 0.263. The number of non-ortho nitro benzene ring substituents is 1. The third-order valence-electron chi connectivity index (χ3n) is 4.37. The molecule has 0 saturated carbocycles. The van der Waals surface area contributed by atoms with Gasteiger partial charge >= 0.3 is 0 Å². The molecule has 1 heterocycles. The van der Waals surface area contributed by atoms with Crippen molar-refractivity contribution in [3.63, 3.8) is 0 Å². The predicted molar refractivity (Wildman–Crippen MR) is 96.7 cm³/mol. The number of carbonyl (C=O) groups excluding carboxylic acids is 2. The van der Waals surface area contributed by atoms with E-state index in [1.807, 2.05) is 30.3 Å². The minimum atomic E-state index is -0.473. The molecule has 0 radical (unpaired) electrons. The maximum absolute atomic E-state index is 12.2. The number of para-hydroxylation sites is 1. The van der Waals surface area contributed by atoms with E-state index in [2.05, 4.69) is 5.32 Å². The minimum Gasteiger partial charge on any atom is -0.355 e. The Morgan fingerprint density at radius 3 is 2.50 bits per heavy atom. The quantitative estimate of drug-likeness (QED) is 0.637. The second kappa shape index (κ2) is 7.77. The molecule has 26 heavy (non-hydrogen) atoms. The fourth-order valence-electron chi connectivity index (χ4n) is 3.02. The van der Waals surface area contributed by atoms with Crippen molar-refractivity contribution < 1.29 is 14.5 Å². The molecular formula is C19H19N3O4. The number of nitrogens with one attached hydrogen (secondary N) is 1. The highest BCUT2D eigenvalue weighted by molar-refractivity contribution is 5.95. The van der Waals surface area contributed by atoms with Gasteiger partial charge in [0.15, 0.2) is 0 Å². The number of nitrogens with zero attached hydrogens (tertiary/aromatic N) is 2. The van der Waals surface area contributed by atoms with Gasteiger partial charge in [-0.05, 0) is 17.7 Å². The average molecular weight is 353 g/mol. The minimum absolute atomic E-state index is 0.000343. The van der Waals surface area contributed by atoms with Crippen molar-refractivity contribution in [3.8, 4) is 0 Å². The molecular weight excluding hydrogens is 334 g/mol. The van der Waals surface area contributed by atoms with Gasteiger partial charge in [0.2, 0.25) is 11.8 Å². The molecule has 2 aromatic rings. The number of nitro groups is 1. The number of carbonyl (C=O) groups is 2. The van der Waals surface area contributed by atoms with Crippen LogP contribution < -0.4 is 10.2 Å². The fourth-order valence-corrected chi connectivity index (χ4v) is 3.02. The van der Waals surface area contributed by atoms with Crippen LogP contribution in [-0.4, -0.2) is 29.8 Å². The third-order valence-corrected chi connectivity index (χ3v) is 4.37. The highest BCUT2D eigenvalue weighted by Gasteiger charge is 2.30. The topological polar surface area (TPSA) is 92.5 Å². The summed E-state index contributed by atoms with van der Waals surface area (Å²) in [6.45, 7) is 1.02. The summed E-state index contributed by atoms with van der Waals surface area (Å²) < 4.78 is 0. The Morgan fingerprint density at radius 2 is 1.85 bits per heavy atom. The van der Waals surface area contributed by atoms with E-state index in [0.29, 0.717) is 25.1 Å². The Morgan fingerprint density at radius 1 is 1.15 bits per heavy atom. The van der Waals surface area contributed by atoms with Gasteiger partial charge in [0.05, 0.1) is 11.3 Å². The molecule has 0 aromatic heterocycles. The van der Waals surface area contributed by atoms with Crippen LogP contribution in [0.5, 0.6) is 0 Å². The van der Waals surface area contributed by atoms with Gasteiger partial charge in [-0.25, -0.2) is 0 Å². The molecule has 0 spiro atoms. The number of benzene rings is 2. The second-order valence-corrected chi connectivity index (χ2v) is 6.31. The molecule has 1 atom stereocenters. The van der Waals surface area contributed by atoms with Crippen molar-refractivity contribution in [2.45, 2.75) is 12.8 Å². The SMILES string of the molecule is O=C(Cc1ccc([N+](=O)[O-])cc1)NCC1CC(=O)N(c2ccccc2)C1. The molecule has 1 N–H and O–H groups in total. The standard InChI is InChI=1S/C19H19N3O4/c23-18(10-14-6-8-17(9-7-14)22(25)26)20-12-15-11-19(24)21(13-15)16-4-2-1-3-5-16/h1-9,15H,10-13H2,(H,20,23). The van der Waals surface area contributed by atoms with E-state index < -0.39 is 4.92 Å². The van der Waals surface area contributed by atoms with Gasteiger partial charge < -0.3 is 10.2 Å². The summed E-state index contributed by atoms with van der Waals surface area (Å²) in [7, 11) is 0. The number of hydrogen-bond acceptors (Lipinski definition) is 4. The Kier molecular flexibility index (Phi) is 5.26. The lowest BCUT2D eigenvalue weighted by Crippen LogP contribution is -2.32. The van der Waals surface area contributed by atoms with Gasteiger partial charge in [-0.15, -0.1) is 0 Å². The summed E-state index contributed by atoms with van der Waals surface area (Å²) in [6, 6.07) is 15.4. The summed E-state index contributed by atoms with van der Waals surface area (Å²) in [5, 5.41) is 13.5. The van der Waals surface area contributed by atoms with Crippen molar-refractivity contribution in [2.24, 2.45) is 5.92 Å². The van der Waals surface area contributed by atoms with E-state index >= 15 is 0 Å². The second-order valence-electron chi connectivity index (χ2n) is 6.31. The zero-order chi connectivity index (χ0) is 18.5. The number of nitro benzene ring substituents is 1. The first-order chi connectivity index (χ1) is 12.5. The van der Waals surface area contributed by atoms with E-state index in [-0.39, 0.29) is 29.8 Å². The van der Waals surface area contributed by atoms with Crippen LogP contribution in [0.4, 0.5) is 11.4 Å². The highest BCUT2D eigenvalue weighted by atomic mass is 16.6. The molecule has 134 valence electrons. The zero-order valence-electron chi connectivity index (χ0n) is 14.1. The molecule has 1 fully saturated rings. The molecule has 2 aromatic carbocycles. The summed E-state index contributed by atoms with van der Waals surface area (Å²) in [6.07, 6.45) is 0.563. The van der Waals surface area contributed by atoms with Gasteiger partial charge in [0.1, 0.15) is 0 Å². The van der Waals surface area contributed by atoms with Gasteiger partial charge in [-0.2, -0.15) is 0 Å². The molecule has 1 saturated heterocycles. The lowest BCUT2D eigenvalue weighted by Gasteiger charge is -2.16. The van der Waals surface area contributed by atoms with Crippen LogP contribution in [0, 0.1) is 16.0 Å². The Balaban J connectivity index is 1.49. The maximum Gasteiger partial charge on any atom is 0.269 e. The summed E-state index contributed by atoms with van der Waals surface area (Å²) >= 11 is 0. The molecule has 1 unspecified atom stereocenters. The van der Waals surface area contributed by atoms with Crippen molar-refractivity contribution in [1.29, 1.82) is 0 Å². The molecule has 2 amide bonds. The highest BCUT2D eigenvalue weighted by Crippen LogP contribution is 2.24. The van der Waals surface area contributed by atoms with Crippen LogP contribution in [0.1, 0.15) is 12.0 Å². The van der Waals surface area contributed by atoms with E-state index in [0.717, 1.165) is 5.69 Å². The number of amides is 2. The number of hydrogen-bond donors (Lipinski definition) is 1. The Hall–Kier alpha value is -3.22. The maximum atomic E-state index is 12.2. The van der Waals surface area contributed by atoms with E-state index in [4.69, 9.17) is 0 Å². The van der Waals surface area contributed by atoms with Gasteiger partial charge in [-0.1, -0.05) is 30.3 Å². The molecule has 0 aliphatic carbocycles. The van der Waals surface area contributed by atoms with Crippen LogP contribution in [-0.2, 0) is 16.0 Å². The van der Waals surface area contributed by atoms with Crippen LogP contribution in [0.3, 0.4) is 0 Å². The normalized spacial score (nSPS) is 16.5. The van der Waals surface area contributed by atoms with Crippen molar-refractivity contribution in [3.05, 3.63) is 70.3 Å². The van der Waals surface area contributed by atoms with Crippen LogP contribution in [0.25, 0.3) is 0 Å². The Bertz CT molecular complexity index is 805. The van der Waals surface area contributed by atoms with Crippen LogP contribution >= 0.6 is 0 Å². The van der Waals surface area contributed by atoms with Crippen LogP contribution in [0.15, 0.2) is 54.6 Å². The van der Waals surface area contributed by atoms with Crippen LogP contribution in [0.2, 0.25) is 0 Å². The monoisotopic (exact) mass is 353 g/mol. The van der Waals surface area contributed by atoms with E-state index in [1.54, 1.807) is 17.0 Å². The zero-order valence-corrected chi connectivity index (χ0v) is 14.1. The van der Waals surface area contributed by atoms with E-state index in [1.165, 1.54) is 12.1 Å². The number of anilines is 1. The van der Waals surface area contributed by atoms with E-state index in [9.17, 15) is 19.7 Å². The lowest BCUT2D eigenvalue weighted by atomic mass is 10.1. The summed E-state index contributed by atoms with van der Waals surface area (Å²) in [5.41, 5.74) is 1.58. The number of rotatable bonds is 6. The largest absolute Gasteiger partial charge is 0.355 e. The molecule has 7 nitrogen and oxygen atoms in total. The molecule has 1 aliphatic heterocycles. The Labute approximate surface area is 150 Å². The van der Waals surface area contributed by atoms with Crippen molar-refractivity contribution >= 4 is 23.2 Å². The van der Waals surface area contributed by atoms with Crippen molar-refractivity contribution in [2.75, 3.05) is 18.0 Å². The summed E-state index contributed by atoms with van der Waals surface area (Å²) in [4.78, 5) is 36.1. The lowest BCUT2D eigenvalue weighted by molar-refractivity contribution is -0.384. The summed E-state index contributed by atoms with van der Waals surface area (Å²) in [5.74, 6) is -0.0289. The first kappa shape index (κ1) is 17.6. The predicted octanol–water partition coefficient (Wildman–Crippen LogP) is 2.31. The molecule has 1 aliphatic rings. The molecule has 3 rings (SSSR count). The first-order valence-corrected chi connectivity index (χ1v) is 8.38. The molecule has 0 bridgehead atoms. The van der Waals surface area contributed by atoms with Gasteiger partial charge in [-0.3, -0.25) is 19.7 Å². The smallest absolute Gasteiger partial charge is 0.269 e.